The van der Waals surface area contributed by atoms with E-state index in [4.69, 9.17) is 9.41 Å². The van der Waals surface area contributed by atoms with Gasteiger partial charge in [0.2, 0.25) is 5.89 Å². The number of hydrogen-bond acceptors (Lipinski definition) is 6. The van der Waals surface area contributed by atoms with Gasteiger partial charge in [-0.15, -0.1) is 5.10 Å². The van der Waals surface area contributed by atoms with E-state index in [9.17, 15) is 9.18 Å². The van der Waals surface area contributed by atoms with Crippen LogP contribution < -0.4 is 5.32 Å². The van der Waals surface area contributed by atoms with Crippen molar-refractivity contribution in [2.75, 3.05) is 5.32 Å². The van der Waals surface area contributed by atoms with Gasteiger partial charge >= 0.3 is 6.01 Å². The van der Waals surface area contributed by atoms with Crippen molar-refractivity contribution in [2.24, 2.45) is 4.99 Å². The van der Waals surface area contributed by atoms with Gasteiger partial charge in [0.25, 0.3) is 0 Å². The molecule has 1 aliphatic heterocycles. The van der Waals surface area contributed by atoms with Gasteiger partial charge in [-0.3, -0.25) is 14.5 Å². The maximum Gasteiger partial charge on any atom is 0.317 e. The average molecular weight is 446 g/mol. The molecule has 166 valence electrons. The standard InChI is InChI=1S/C25H19FN4O2.FH/c1-15-6-2-4-8-19(15)22-20-9-5-3-7-17(20)14-21(31)23(27-22)28-25-30-29-24(32-25)16-10-12-18(26)13-11-16;/h2-13,23H,14H2,1H3,(H,28,30);1H. The summed E-state index contributed by atoms with van der Waals surface area (Å²) in [4.78, 5) is 17.9. The molecule has 4 aromatic rings. The molecule has 3 aromatic carbocycles. The fourth-order valence-electron chi connectivity index (χ4n) is 3.73. The predicted octanol–water partition coefficient (Wildman–Crippen LogP) is 4.74. The first kappa shape index (κ1) is 22.0. The van der Waals surface area contributed by atoms with Crippen molar-refractivity contribution in [2.45, 2.75) is 19.5 Å². The predicted molar refractivity (Wildman–Crippen MR) is 122 cm³/mol. The largest absolute Gasteiger partial charge is 0.403 e. The second kappa shape index (κ2) is 9.12. The molecule has 0 fully saturated rings. The van der Waals surface area contributed by atoms with Crippen LogP contribution in [-0.2, 0) is 11.2 Å². The van der Waals surface area contributed by atoms with Gasteiger partial charge in [-0.25, -0.2) is 4.39 Å². The third kappa shape index (κ3) is 4.41. The number of anilines is 1. The molecule has 0 spiro atoms. The number of benzene rings is 3. The maximum atomic E-state index is 13.2. The van der Waals surface area contributed by atoms with Crippen molar-refractivity contribution in [3.8, 4) is 11.5 Å². The number of Topliss-reactive ketones (excluding diaryl/α,β-unsaturated/α-hetero) is 1. The summed E-state index contributed by atoms with van der Waals surface area (Å²) >= 11 is 0. The summed E-state index contributed by atoms with van der Waals surface area (Å²) in [7, 11) is 0. The fourth-order valence-corrected chi connectivity index (χ4v) is 3.73. The third-order valence-corrected chi connectivity index (χ3v) is 5.38. The van der Waals surface area contributed by atoms with Gasteiger partial charge < -0.3 is 9.73 Å². The van der Waals surface area contributed by atoms with E-state index >= 15 is 0 Å². The van der Waals surface area contributed by atoms with Crippen LogP contribution >= 0.6 is 0 Å². The highest BCUT2D eigenvalue weighted by atomic mass is 19.1. The van der Waals surface area contributed by atoms with Crippen molar-refractivity contribution in [3.63, 3.8) is 0 Å². The Morgan fingerprint density at radius 1 is 0.939 bits per heavy atom. The van der Waals surface area contributed by atoms with Crippen molar-refractivity contribution in [1.82, 2.24) is 10.2 Å². The summed E-state index contributed by atoms with van der Waals surface area (Å²) in [5.41, 5.74) is 5.18. The van der Waals surface area contributed by atoms with Gasteiger partial charge in [-0.1, -0.05) is 53.6 Å². The molecule has 6 nitrogen and oxygen atoms in total. The first-order valence-corrected chi connectivity index (χ1v) is 10.2. The van der Waals surface area contributed by atoms with E-state index in [0.717, 1.165) is 28.0 Å². The molecule has 2 heterocycles. The number of halogens is 2. The van der Waals surface area contributed by atoms with E-state index in [1.165, 1.54) is 12.1 Å². The zero-order chi connectivity index (χ0) is 22.1. The molecule has 1 atom stereocenters. The minimum absolute atomic E-state index is 0. The normalized spacial score (nSPS) is 15.2. The van der Waals surface area contributed by atoms with E-state index in [1.807, 2.05) is 55.5 Å². The van der Waals surface area contributed by atoms with Crippen LogP contribution in [0, 0.1) is 12.7 Å². The van der Waals surface area contributed by atoms with Gasteiger partial charge in [-0.05, 0) is 42.3 Å². The Kier molecular flexibility index (Phi) is 6.08. The molecule has 5 rings (SSSR count). The molecule has 0 saturated heterocycles. The SMILES string of the molecule is Cc1ccccc1C1=NC(Nc2nnc(-c3ccc(F)cc3)o2)C(=O)Cc2ccccc21.F. The number of carbonyl (C=O) groups is 1. The molecule has 0 aliphatic carbocycles. The van der Waals surface area contributed by atoms with E-state index < -0.39 is 6.17 Å². The number of aryl methyl sites for hydroxylation is 1. The molecule has 33 heavy (non-hydrogen) atoms. The lowest BCUT2D eigenvalue weighted by atomic mass is 9.94. The van der Waals surface area contributed by atoms with Crippen LogP contribution in [0.2, 0.25) is 0 Å². The highest BCUT2D eigenvalue weighted by molar-refractivity contribution is 6.16. The van der Waals surface area contributed by atoms with Crippen LogP contribution in [0.5, 0.6) is 0 Å². The summed E-state index contributed by atoms with van der Waals surface area (Å²) in [5, 5.41) is 11.0. The van der Waals surface area contributed by atoms with Crippen molar-refractivity contribution in [1.29, 1.82) is 0 Å². The molecule has 0 bridgehead atoms. The number of rotatable bonds is 4. The second-order valence-electron chi connectivity index (χ2n) is 7.56. The lowest BCUT2D eigenvalue weighted by Crippen LogP contribution is -2.29. The van der Waals surface area contributed by atoms with Crippen molar-refractivity contribution in [3.05, 3.63) is 101 Å². The Bertz CT molecular complexity index is 1330. The molecule has 1 aliphatic rings. The molecule has 8 heteroatoms. The molecule has 1 aromatic heterocycles. The Hall–Kier alpha value is -4.20. The Labute approximate surface area is 188 Å². The van der Waals surface area contributed by atoms with Gasteiger partial charge in [0.1, 0.15) is 5.82 Å². The highest BCUT2D eigenvalue weighted by Crippen LogP contribution is 2.25. The Morgan fingerprint density at radius 3 is 2.39 bits per heavy atom. The van der Waals surface area contributed by atoms with Gasteiger partial charge in [0.15, 0.2) is 11.9 Å². The van der Waals surface area contributed by atoms with E-state index in [1.54, 1.807) is 12.1 Å². The van der Waals surface area contributed by atoms with E-state index in [-0.39, 0.29) is 34.6 Å². The van der Waals surface area contributed by atoms with Gasteiger partial charge in [-0.2, -0.15) is 0 Å². The number of hydrogen-bond donors (Lipinski definition) is 1. The van der Waals surface area contributed by atoms with Crippen molar-refractivity contribution < 1.29 is 18.3 Å². The average Bonchev–Trinajstić information content (AvgIpc) is 3.21. The summed E-state index contributed by atoms with van der Waals surface area (Å²) in [5.74, 6) is -0.240. The minimum Gasteiger partial charge on any atom is -0.403 e. The minimum atomic E-state index is -0.890. The monoisotopic (exact) mass is 446 g/mol. The van der Waals surface area contributed by atoms with Crippen LogP contribution in [0.4, 0.5) is 15.1 Å². The number of ketones is 1. The van der Waals surface area contributed by atoms with Crippen LogP contribution in [0.15, 0.2) is 82.2 Å². The summed E-state index contributed by atoms with van der Waals surface area (Å²) in [6.07, 6.45) is -0.662. The van der Waals surface area contributed by atoms with Crippen molar-refractivity contribution >= 4 is 17.5 Å². The summed E-state index contributed by atoms with van der Waals surface area (Å²) in [6, 6.07) is 21.5. The molecule has 1 N–H and O–H groups in total. The number of nitrogens with one attached hydrogen (secondary N) is 1. The molecule has 0 radical (unpaired) electrons. The van der Waals surface area contributed by atoms with E-state index in [0.29, 0.717) is 5.56 Å². The molecular formula is C25H20F2N4O2. The van der Waals surface area contributed by atoms with E-state index in [2.05, 4.69) is 15.5 Å². The van der Waals surface area contributed by atoms with Crippen LogP contribution in [-0.4, -0.2) is 27.9 Å². The quantitative estimate of drug-likeness (QED) is 0.490. The number of nitrogens with zero attached hydrogens (tertiary/aromatic N) is 3. The first-order valence-electron chi connectivity index (χ1n) is 10.2. The van der Waals surface area contributed by atoms with Crippen LogP contribution in [0.1, 0.15) is 22.3 Å². The number of fused-ring (bicyclic) bond motifs is 1. The zero-order valence-electron chi connectivity index (χ0n) is 17.7. The summed E-state index contributed by atoms with van der Waals surface area (Å²) in [6.45, 7) is 2.02. The number of carbonyl (C=O) groups excluding carboxylic acids is 1. The Morgan fingerprint density at radius 2 is 1.64 bits per heavy atom. The number of aromatic nitrogens is 2. The first-order chi connectivity index (χ1) is 15.6. The van der Waals surface area contributed by atoms with Crippen LogP contribution in [0.3, 0.4) is 0 Å². The lowest BCUT2D eigenvalue weighted by molar-refractivity contribution is -0.119. The second-order valence-corrected chi connectivity index (χ2v) is 7.56. The maximum absolute atomic E-state index is 13.2. The topological polar surface area (TPSA) is 80.4 Å². The third-order valence-electron chi connectivity index (χ3n) is 5.38. The molecule has 0 saturated carbocycles. The highest BCUT2D eigenvalue weighted by Gasteiger charge is 2.27. The molecule has 1 unspecified atom stereocenters. The van der Waals surface area contributed by atoms with Crippen LogP contribution in [0.25, 0.3) is 11.5 Å². The lowest BCUT2D eigenvalue weighted by Gasteiger charge is -2.13. The van der Waals surface area contributed by atoms with Gasteiger partial charge in [0.05, 0.1) is 5.71 Å². The van der Waals surface area contributed by atoms with Gasteiger partial charge in [0, 0.05) is 23.1 Å². The smallest absolute Gasteiger partial charge is 0.317 e. The Balaban J connectivity index is 0.00000259. The summed E-state index contributed by atoms with van der Waals surface area (Å²) < 4.78 is 18.9. The number of aliphatic imine (C=N–C) groups is 1. The molecule has 0 amide bonds. The molecular weight excluding hydrogens is 426 g/mol. The fraction of sp³-hybridized carbons (Fsp3) is 0.120. The zero-order valence-corrected chi connectivity index (χ0v) is 17.7.